The standard InChI is InChI=1S/C49H40N2/c1-2-13-47(50-44-20-10-5-11-21-44)43-19-12-18-42(32-43)45-34-49(40-28-26-38(27-29-40)36-16-8-4-9-17-36)51-48-31-30-41(33-46(45)48)39-24-22-37(23-25-39)35-14-6-3-7-15-35/h2-10,12-20,22-34,47,50H,11,21H2,1H3/b13-2-. The van der Waals surface area contributed by atoms with Crippen LogP contribution in [0.5, 0.6) is 0 Å². The average molecular weight is 657 g/mol. The van der Waals surface area contributed by atoms with Gasteiger partial charge in [0.25, 0.3) is 0 Å². The Morgan fingerprint density at radius 3 is 1.78 bits per heavy atom. The molecule has 7 aromatic rings. The second kappa shape index (κ2) is 14.7. The number of allylic oxidation sites excluding steroid dienone is 5. The monoisotopic (exact) mass is 656 g/mol. The first-order valence-electron chi connectivity index (χ1n) is 17.8. The lowest BCUT2D eigenvalue weighted by Crippen LogP contribution is -2.19. The molecule has 2 heteroatoms. The largest absolute Gasteiger partial charge is 0.378 e. The highest BCUT2D eigenvalue weighted by molar-refractivity contribution is 5.99. The molecule has 0 radical (unpaired) electrons. The summed E-state index contributed by atoms with van der Waals surface area (Å²) in [5, 5.41) is 4.94. The maximum Gasteiger partial charge on any atom is 0.0716 e. The Morgan fingerprint density at radius 1 is 0.569 bits per heavy atom. The van der Waals surface area contributed by atoms with Gasteiger partial charge in [0.2, 0.25) is 0 Å². The molecule has 1 aromatic heterocycles. The van der Waals surface area contributed by atoms with E-state index < -0.39 is 0 Å². The van der Waals surface area contributed by atoms with Crippen LogP contribution in [-0.4, -0.2) is 4.98 Å². The maximum absolute atomic E-state index is 5.25. The van der Waals surface area contributed by atoms with E-state index in [4.69, 9.17) is 4.98 Å². The average Bonchev–Trinajstić information content (AvgIpc) is 3.21. The van der Waals surface area contributed by atoms with Crippen LogP contribution in [-0.2, 0) is 0 Å². The number of rotatable bonds is 9. The molecule has 6 aromatic carbocycles. The summed E-state index contributed by atoms with van der Waals surface area (Å²) in [5.41, 5.74) is 15.1. The van der Waals surface area contributed by atoms with Crippen molar-refractivity contribution in [1.82, 2.24) is 10.3 Å². The number of nitrogens with zero attached hydrogens (tertiary/aromatic N) is 1. The van der Waals surface area contributed by atoms with Gasteiger partial charge in [0.15, 0.2) is 0 Å². The van der Waals surface area contributed by atoms with Crippen LogP contribution in [0.4, 0.5) is 0 Å². The molecule has 1 N–H and O–H groups in total. The van der Waals surface area contributed by atoms with E-state index in [0.717, 1.165) is 35.0 Å². The fourth-order valence-electron chi connectivity index (χ4n) is 7.00. The van der Waals surface area contributed by atoms with Crippen LogP contribution in [0.1, 0.15) is 31.4 Å². The number of pyridine rings is 1. The molecule has 2 nitrogen and oxygen atoms in total. The summed E-state index contributed by atoms with van der Waals surface area (Å²) in [5.74, 6) is 0. The first-order valence-corrected chi connectivity index (χ1v) is 17.8. The Labute approximate surface area is 301 Å². The van der Waals surface area contributed by atoms with E-state index in [-0.39, 0.29) is 6.04 Å². The molecule has 0 fully saturated rings. The number of benzene rings is 6. The smallest absolute Gasteiger partial charge is 0.0716 e. The van der Waals surface area contributed by atoms with Gasteiger partial charge in [-0.25, -0.2) is 4.98 Å². The molecule has 0 saturated carbocycles. The summed E-state index contributed by atoms with van der Waals surface area (Å²) in [4.78, 5) is 5.25. The first kappa shape index (κ1) is 32.0. The second-order valence-electron chi connectivity index (χ2n) is 13.1. The molecule has 8 rings (SSSR count). The van der Waals surface area contributed by atoms with Crippen molar-refractivity contribution in [3.63, 3.8) is 0 Å². The fraction of sp³-hybridized carbons (Fsp3) is 0.0816. The van der Waals surface area contributed by atoms with Crippen molar-refractivity contribution >= 4 is 10.9 Å². The molecule has 51 heavy (non-hydrogen) atoms. The quantitative estimate of drug-likeness (QED) is 0.156. The molecule has 1 aliphatic carbocycles. The van der Waals surface area contributed by atoms with E-state index in [1.54, 1.807) is 0 Å². The predicted molar refractivity (Wildman–Crippen MR) is 216 cm³/mol. The van der Waals surface area contributed by atoms with Crippen LogP contribution >= 0.6 is 0 Å². The molecule has 0 amide bonds. The highest BCUT2D eigenvalue weighted by atomic mass is 14.9. The highest BCUT2D eigenvalue weighted by Crippen LogP contribution is 2.37. The molecule has 0 spiro atoms. The van der Waals surface area contributed by atoms with Crippen LogP contribution in [0.3, 0.4) is 0 Å². The van der Waals surface area contributed by atoms with E-state index in [2.05, 4.69) is 200 Å². The Hall–Kier alpha value is -6.25. The molecular weight excluding hydrogens is 617 g/mol. The van der Waals surface area contributed by atoms with Crippen molar-refractivity contribution in [3.05, 3.63) is 199 Å². The van der Waals surface area contributed by atoms with Gasteiger partial charge in [-0.3, -0.25) is 0 Å². The number of fused-ring (bicyclic) bond motifs is 1. The fourth-order valence-corrected chi connectivity index (χ4v) is 7.00. The lowest BCUT2D eigenvalue weighted by atomic mass is 9.92. The Balaban J connectivity index is 1.22. The zero-order chi connectivity index (χ0) is 34.4. The van der Waals surface area contributed by atoms with Gasteiger partial charge >= 0.3 is 0 Å². The minimum atomic E-state index is 0.0736. The number of hydrogen-bond donors (Lipinski definition) is 1. The van der Waals surface area contributed by atoms with E-state index in [0.29, 0.717) is 0 Å². The van der Waals surface area contributed by atoms with E-state index in [9.17, 15) is 0 Å². The highest BCUT2D eigenvalue weighted by Gasteiger charge is 2.15. The molecule has 0 bridgehead atoms. The van der Waals surface area contributed by atoms with Gasteiger partial charge < -0.3 is 5.32 Å². The zero-order valence-corrected chi connectivity index (χ0v) is 28.8. The van der Waals surface area contributed by atoms with Crippen molar-refractivity contribution in [2.45, 2.75) is 25.8 Å². The summed E-state index contributed by atoms with van der Waals surface area (Å²) < 4.78 is 0. The first-order chi connectivity index (χ1) is 25.2. The van der Waals surface area contributed by atoms with Gasteiger partial charge in [0.05, 0.1) is 17.3 Å². The molecular formula is C49H40N2. The van der Waals surface area contributed by atoms with Gasteiger partial charge in [0, 0.05) is 16.6 Å². The lowest BCUT2D eigenvalue weighted by Gasteiger charge is -2.21. The second-order valence-corrected chi connectivity index (χ2v) is 13.1. The molecule has 1 unspecified atom stereocenters. The molecule has 1 aliphatic rings. The summed E-state index contributed by atoms with van der Waals surface area (Å²) in [6.07, 6.45) is 13.1. The van der Waals surface area contributed by atoms with Gasteiger partial charge in [-0.1, -0.05) is 158 Å². The summed E-state index contributed by atoms with van der Waals surface area (Å²) in [6.45, 7) is 2.09. The van der Waals surface area contributed by atoms with E-state index in [1.807, 2.05) is 0 Å². The molecule has 1 heterocycles. The molecule has 0 saturated heterocycles. The van der Waals surface area contributed by atoms with Gasteiger partial charge in [-0.2, -0.15) is 0 Å². The van der Waals surface area contributed by atoms with Crippen molar-refractivity contribution < 1.29 is 0 Å². The predicted octanol–water partition coefficient (Wildman–Crippen LogP) is 13.0. The Kier molecular flexibility index (Phi) is 9.22. The SMILES string of the molecule is C/C=C\C(NC1=CC=CCC1)c1cccc(-c2cc(-c3ccc(-c4ccccc4)cc3)nc3ccc(-c4ccc(-c5ccccc5)cc4)cc23)c1. The van der Waals surface area contributed by atoms with Crippen LogP contribution in [0.15, 0.2) is 194 Å². The molecule has 0 aliphatic heterocycles. The van der Waals surface area contributed by atoms with Gasteiger partial charge in [-0.05, 0) is 100 Å². The minimum Gasteiger partial charge on any atom is -0.378 e. The number of aromatic nitrogens is 1. The normalized spacial score (nSPS) is 13.3. The molecule has 246 valence electrons. The third kappa shape index (κ3) is 7.08. The maximum atomic E-state index is 5.25. The summed E-state index contributed by atoms with van der Waals surface area (Å²) in [7, 11) is 0. The van der Waals surface area contributed by atoms with Gasteiger partial charge in [0.1, 0.15) is 0 Å². The zero-order valence-electron chi connectivity index (χ0n) is 28.8. The van der Waals surface area contributed by atoms with Crippen molar-refractivity contribution in [2.24, 2.45) is 0 Å². The lowest BCUT2D eigenvalue weighted by molar-refractivity contribution is 0.675. The van der Waals surface area contributed by atoms with Crippen LogP contribution in [0, 0.1) is 0 Å². The third-order valence-corrected chi connectivity index (χ3v) is 9.72. The van der Waals surface area contributed by atoms with Crippen molar-refractivity contribution in [3.8, 4) is 55.8 Å². The minimum absolute atomic E-state index is 0.0736. The Morgan fingerprint density at radius 2 is 1.16 bits per heavy atom. The van der Waals surface area contributed by atoms with Crippen LogP contribution in [0.25, 0.3) is 66.7 Å². The number of nitrogens with one attached hydrogen (secondary N) is 1. The summed E-state index contributed by atoms with van der Waals surface area (Å²) >= 11 is 0. The van der Waals surface area contributed by atoms with E-state index >= 15 is 0 Å². The third-order valence-electron chi connectivity index (χ3n) is 9.72. The van der Waals surface area contributed by atoms with Crippen molar-refractivity contribution in [2.75, 3.05) is 0 Å². The van der Waals surface area contributed by atoms with E-state index in [1.165, 1.54) is 55.8 Å². The summed E-state index contributed by atoms with van der Waals surface area (Å²) in [6, 6.07) is 56.7. The van der Waals surface area contributed by atoms with Crippen LogP contribution < -0.4 is 5.32 Å². The van der Waals surface area contributed by atoms with Crippen molar-refractivity contribution in [1.29, 1.82) is 0 Å². The topological polar surface area (TPSA) is 24.9 Å². The van der Waals surface area contributed by atoms with Crippen LogP contribution in [0.2, 0.25) is 0 Å². The molecule has 1 atom stereocenters. The Bertz CT molecular complexity index is 2370. The number of hydrogen-bond acceptors (Lipinski definition) is 2. The van der Waals surface area contributed by atoms with Gasteiger partial charge in [-0.15, -0.1) is 0 Å².